The lowest BCUT2D eigenvalue weighted by molar-refractivity contribution is -0.654. The van der Waals surface area contributed by atoms with Gasteiger partial charge in [-0.05, 0) is 60.0 Å². The van der Waals surface area contributed by atoms with Crippen LogP contribution in [0, 0.1) is 6.92 Å². The fourth-order valence-electron chi connectivity index (χ4n) is 6.80. The first-order valence-electron chi connectivity index (χ1n) is 21.9. The van der Waals surface area contributed by atoms with E-state index in [4.69, 9.17) is 18.9 Å². The van der Waals surface area contributed by atoms with Gasteiger partial charge in [0.25, 0.3) is 0 Å². The number of nitrogens with zero attached hydrogens (tertiary/aromatic N) is 4. The molecule has 310 valence electrons. The zero-order valence-corrected chi connectivity index (χ0v) is 36.5. The van der Waals surface area contributed by atoms with Crippen LogP contribution in [0.2, 0.25) is 0 Å². The smallest absolute Gasteiger partial charge is 0.379 e. The number of benzene rings is 1. The molecule has 0 spiro atoms. The van der Waals surface area contributed by atoms with E-state index in [0.29, 0.717) is 26.3 Å². The van der Waals surface area contributed by atoms with Crippen molar-refractivity contribution < 1.29 is 23.5 Å². The Kier molecular flexibility index (Phi) is 29.7. The molecule has 0 fully saturated rings. The Bertz CT molecular complexity index is 1140. The van der Waals surface area contributed by atoms with Gasteiger partial charge in [0.05, 0.1) is 37.6 Å². The third-order valence-electron chi connectivity index (χ3n) is 10.5. The first-order chi connectivity index (χ1) is 26.5. The van der Waals surface area contributed by atoms with Crippen molar-refractivity contribution in [2.75, 3.05) is 58.6 Å². The quantitative estimate of drug-likeness (QED) is 0.0388. The van der Waals surface area contributed by atoms with E-state index < -0.39 is 0 Å². The fourth-order valence-corrected chi connectivity index (χ4v) is 7.48. The molecule has 0 amide bonds. The Morgan fingerprint density at radius 3 is 1.46 bits per heavy atom. The van der Waals surface area contributed by atoms with Crippen molar-refractivity contribution in [1.82, 2.24) is 0 Å². The summed E-state index contributed by atoms with van der Waals surface area (Å²) in [7, 11) is 5.57. The van der Waals surface area contributed by atoms with E-state index in [1.807, 2.05) is 23.2 Å². The van der Waals surface area contributed by atoms with Gasteiger partial charge in [0.15, 0.2) is 0 Å². The molecule has 0 saturated heterocycles. The molecule has 9 heteroatoms. The number of unbranched alkanes of at least 4 members (excludes halogenated alkanes) is 20. The lowest BCUT2D eigenvalue weighted by Gasteiger charge is -2.32. The van der Waals surface area contributed by atoms with Crippen LogP contribution in [-0.4, -0.2) is 65.9 Å². The Balaban J connectivity index is 1.85. The van der Waals surface area contributed by atoms with Crippen LogP contribution in [0.4, 0.5) is 16.5 Å². The number of aromatic nitrogens is 1. The van der Waals surface area contributed by atoms with Crippen molar-refractivity contribution >= 4 is 27.8 Å². The highest BCUT2D eigenvalue weighted by molar-refractivity contribution is 7.12. The average molecular weight is 774 g/mol. The van der Waals surface area contributed by atoms with Gasteiger partial charge in [-0.1, -0.05) is 142 Å². The van der Waals surface area contributed by atoms with Crippen molar-refractivity contribution in [3.63, 3.8) is 0 Å². The lowest BCUT2D eigenvalue weighted by atomic mass is 10.1. The molecule has 0 saturated carbocycles. The highest BCUT2D eigenvalue weighted by atomic mass is 32.1. The van der Waals surface area contributed by atoms with Crippen molar-refractivity contribution in [3.05, 3.63) is 35.3 Å². The molecule has 8 nitrogen and oxygen atoms in total. The standard InChI is InChI=1S/C45H81N4O4S/c1-7-9-11-13-15-17-19-21-23-25-27-32-52-38-42(50-5)36-49(41-29-30-44(40(3)35-41)46-47-45-48(4)31-34-54-45)37-43(51-6)39-53-33-28-26-24-22-20-18-16-14-12-10-8-2/h29-31,34-35,42-43H,7-28,32-33,36-39H2,1-6H3/q+1. The molecule has 54 heavy (non-hydrogen) atoms. The minimum atomic E-state index is -0.0639. The van der Waals surface area contributed by atoms with Gasteiger partial charge >= 0.3 is 5.13 Å². The molecule has 2 aromatic rings. The van der Waals surface area contributed by atoms with Crippen LogP contribution in [0.15, 0.2) is 40.0 Å². The number of aryl methyl sites for hydroxylation is 2. The number of ether oxygens (including phenoxy) is 4. The Hall–Kier alpha value is -1.91. The van der Waals surface area contributed by atoms with E-state index in [-0.39, 0.29) is 12.2 Å². The lowest BCUT2D eigenvalue weighted by Crippen LogP contribution is -2.42. The van der Waals surface area contributed by atoms with Gasteiger partial charge in [0, 0.05) is 51.6 Å². The summed E-state index contributed by atoms with van der Waals surface area (Å²) in [5, 5.41) is 11.9. The maximum absolute atomic E-state index is 6.17. The second-order valence-electron chi connectivity index (χ2n) is 15.3. The van der Waals surface area contributed by atoms with Gasteiger partial charge in [0.2, 0.25) is 0 Å². The van der Waals surface area contributed by atoms with Crippen molar-refractivity contribution in [2.24, 2.45) is 17.3 Å². The van der Waals surface area contributed by atoms with Crippen LogP contribution in [0.3, 0.4) is 0 Å². The summed E-state index contributed by atoms with van der Waals surface area (Å²) in [6.07, 6.45) is 31.3. The van der Waals surface area contributed by atoms with Gasteiger partial charge in [-0.2, -0.15) is 0 Å². The molecule has 0 aliphatic heterocycles. The van der Waals surface area contributed by atoms with Crippen molar-refractivity contribution in [1.29, 1.82) is 0 Å². The zero-order chi connectivity index (χ0) is 38.9. The number of methoxy groups -OCH3 is 2. The van der Waals surface area contributed by atoms with E-state index in [9.17, 15) is 0 Å². The van der Waals surface area contributed by atoms with E-state index in [2.05, 4.69) is 54.1 Å². The van der Waals surface area contributed by atoms with Gasteiger partial charge in [0.1, 0.15) is 11.9 Å². The van der Waals surface area contributed by atoms with E-state index in [1.165, 1.54) is 128 Å². The van der Waals surface area contributed by atoms with Crippen LogP contribution in [0.5, 0.6) is 0 Å². The number of anilines is 1. The second-order valence-corrected chi connectivity index (χ2v) is 16.2. The maximum Gasteiger partial charge on any atom is 0.408 e. The molecule has 0 bridgehead atoms. The molecular formula is C45H81N4O4S+. The van der Waals surface area contributed by atoms with Crippen LogP contribution < -0.4 is 9.47 Å². The van der Waals surface area contributed by atoms with Crippen LogP contribution in [0.1, 0.15) is 161 Å². The van der Waals surface area contributed by atoms with Crippen LogP contribution in [0.25, 0.3) is 0 Å². The van der Waals surface area contributed by atoms with E-state index >= 15 is 0 Å². The van der Waals surface area contributed by atoms with Crippen molar-refractivity contribution in [3.8, 4) is 0 Å². The molecule has 0 aliphatic carbocycles. The fraction of sp³-hybridized carbons (Fsp3) is 0.800. The average Bonchev–Trinajstić information content (AvgIpc) is 3.60. The maximum atomic E-state index is 6.17. The largest absolute Gasteiger partial charge is 0.408 e. The van der Waals surface area contributed by atoms with E-state index in [1.54, 1.807) is 25.6 Å². The molecule has 0 aliphatic rings. The van der Waals surface area contributed by atoms with Crippen LogP contribution in [-0.2, 0) is 26.0 Å². The SMILES string of the molecule is CCCCCCCCCCCCCOCC(CN(CC(COCCCCCCCCCCCCC)OC)c1ccc(/N=N/c2scc[n+]2C)c(C)c1)OC. The Morgan fingerprint density at radius 1 is 0.630 bits per heavy atom. The molecule has 1 aromatic carbocycles. The van der Waals surface area contributed by atoms with Crippen molar-refractivity contribution in [2.45, 2.75) is 174 Å². The Labute approximate surface area is 335 Å². The number of azo groups is 1. The topological polar surface area (TPSA) is 68.8 Å². The highest BCUT2D eigenvalue weighted by Gasteiger charge is 2.21. The van der Waals surface area contributed by atoms with E-state index in [0.717, 1.165) is 48.1 Å². The molecule has 2 rings (SSSR count). The van der Waals surface area contributed by atoms with Gasteiger partial charge < -0.3 is 23.8 Å². The summed E-state index contributed by atoms with van der Waals surface area (Å²) < 4.78 is 26.3. The first kappa shape index (κ1) is 48.2. The normalized spacial score (nSPS) is 12.9. The number of hydrogen-bond acceptors (Lipinski definition) is 8. The van der Waals surface area contributed by atoms with Gasteiger partial charge in [-0.3, -0.25) is 0 Å². The number of thiazole rings is 1. The summed E-state index contributed by atoms with van der Waals surface area (Å²) in [5.41, 5.74) is 3.04. The minimum absolute atomic E-state index is 0.0639. The van der Waals surface area contributed by atoms with Gasteiger partial charge in [-0.25, -0.2) is 4.57 Å². The summed E-state index contributed by atoms with van der Waals surface area (Å²) in [6.45, 7) is 10.8. The highest BCUT2D eigenvalue weighted by Crippen LogP contribution is 2.28. The second kappa shape index (κ2) is 33.3. The predicted octanol–water partition coefficient (Wildman–Crippen LogP) is 12.8. The zero-order valence-electron chi connectivity index (χ0n) is 35.7. The predicted molar refractivity (Wildman–Crippen MR) is 229 cm³/mol. The monoisotopic (exact) mass is 774 g/mol. The van der Waals surface area contributed by atoms with Crippen LogP contribution >= 0.6 is 11.3 Å². The third-order valence-corrected chi connectivity index (χ3v) is 11.3. The Morgan fingerprint density at radius 2 is 1.07 bits per heavy atom. The molecule has 0 radical (unpaired) electrons. The number of rotatable bonds is 37. The molecule has 2 unspecified atom stereocenters. The molecule has 2 atom stereocenters. The first-order valence-corrected chi connectivity index (χ1v) is 22.8. The molecule has 1 aromatic heterocycles. The number of hydrogen-bond donors (Lipinski definition) is 0. The molecule has 1 heterocycles. The molecular weight excluding hydrogens is 693 g/mol. The summed E-state index contributed by atoms with van der Waals surface area (Å²) in [6, 6.07) is 6.39. The molecule has 0 N–H and O–H groups in total. The summed E-state index contributed by atoms with van der Waals surface area (Å²) >= 11 is 1.58. The summed E-state index contributed by atoms with van der Waals surface area (Å²) in [5.74, 6) is 0. The summed E-state index contributed by atoms with van der Waals surface area (Å²) in [4.78, 5) is 2.35. The minimum Gasteiger partial charge on any atom is -0.379 e. The van der Waals surface area contributed by atoms with Gasteiger partial charge in [-0.15, -0.1) is 0 Å². The third kappa shape index (κ3) is 23.2.